The average molecular weight is 375 g/mol. The fourth-order valence-electron chi connectivity index (χ4n) is 1.86. The minimum Gasteiger partial charge on any atom is -0.506 e. The number of hydrazone groups is 1. The zero-order valence-electron chi connectivity index (χ0n) is 11.7. The predicted molar refractivity (Wildman–Crippen MR) is 92.2 cm³/mol. The lowest BCUT2D eigenvalue weighted by Gasteiger charge is -2.14. The molecule has 0 bridgehead atoms. The molecule has 9 heteroatoms. The van der Waals surface area contributed by atoms with Crippen molar-refractivity contribution in [3.8, 4) is 5.75 Å². The molecule has 0 heterocycles. The lowest BCUT2D eigenvalue weighted by Crippen LogP contribution is -2.11. The Hall–Kier alpha value is -2.02. The van der Waals surface area contributed by atoms with Gasteiger partial charge in [0, 0.05) is 23.7 Å². The number of para-hydroxylation sites is 1. The highest BCUT2D eigenvalue weighted by Crippen LogP contribution is 2.35. The van der Waals surface area contributed by atoms with Gasteiger partial charge < -0.3 is 5.11 Å². The maximum Gasteiger partial charge on any atom is 0.295 e. The second-order valence-electron chi connectivity index (χ2n) is 4.46. The molecule has 0 aliphatic rings. The van der Waals surface area contributed by atoms with Gasteiger partial charge in [0.05, 0.1) is 21.2 Å². The SMILES string of the molecule is CN(/N=C/c1cc(Cl)cc(Cl)c1O)c1c(Cl)cccc1[N+](=O)[O-]. The Bertz CT molecular complexity index is 796. The summed E-state index contributed by atoms with van der Waals surface area (Å²) in [6, 6.07) is 7.16. The molecule has 0 aliphatic carbocycles. The van der Waals surface area contributed by atoms with Gasteiger partial charge in [-0.25, -0.2) is 0 Å². The lowest BCUT2D eigenvalue weighted by atomic mass is 10.2. The molecule has 23 heavy (non-hydrogen) atoms. The summed E-state index contributed by atoms with van der Waals surface area (Å²) in [4.78, 5) is 10.5. The van der Waals surface area contributed by atoms with Crippen LogP contribution in [0.5, 0.6) is 5.75 Å². The number of phenols is 1. The van der Waals surface area contributed by atoms with Crippen molar-refractivity contribution in [3.05, 3.63) is 61.1 Å². The molecule has 2 aromatic carbocycles. The van der Waals surface area contributed by atoms with Crippen molar-refractivity contribution >= 4 is 52.4 Å². The monoisotopic (exact) mass is 373 g/mol. The van der Waals surface area contributed by atoms with E-state index in [2.05, 4.69) is 5.10 Å². The highest BCUT2D eigenvalue weighted by molar-refractivity contribution is 6.36. The van der Waals surface area contributed by atoms with Gasteiger partial charge in [0.25, 0.3) is 5.69 Å². The fourth-order valence-corrected chi connectivity index (χ4v) is 2.66. The fraction of sp³-hybridized carbons (Fsp3) is 0.0714. The molecule has 0 unspecified atom stereocenters. The second kappa shape index (κ2) is 7.04. The summed E-state index contributed by atoms with van der Waals surface area (Å²) in [6.07, 6.45) is 1.28. The summed E-state index contributed by atoms with van der Waals surface area (Å²) < 4.78 is 0. The minimum absolute atomic E-state index is 0.0744. The summed E-state index contributed by atoms with van der Waals surface area (Å²) in [5.74, 6) is -0.193. The Morgan fingerprint density at radius 1 is 1.26 bits per heavy atom. The van der Waals surface area contributed by atoms with E-state index in [1.54, 1.807) is 0 Å². The molecular formula is C14H10Cl3N3O3. The molecule has 1 N–H and O–H groups in total. The van der Waals surface area contributed by atoms with Gasteiger partial charge >= 0.3 is 0 Å². The zero-order valence-corrected chi connectivity index (χ0v) is 14.0. The second-order valence-corrected chi connectivity index (χ2v) is 5.71. The van der Waals surface area contributed by atoms with E-state index in [4.69, 9.17) is 34.8 Å². The number of hydrogen-bond donors (Lipinski definition) is 1. The van der Waals surface area contributed by atoms with Crippen molar-refractivity contribution in [1.29, 1.82) is 0 Å². The number of aromatic hydroxyl groups is 1. The van der Waals surface area contributed by atoms with Crippen molar-refractivity contribution in [3.63, 3.8) is 0 Å². The molecule has 0 fully saturated rings. The van der Waals surface area contributed by atoms with Gasteiger partial charge in [0.1, 0.15) is 5.75 Å². The van der Waals surface area contributed by atoms with Crippen molar-refractivity contribution in [1.82, 2.24) is 0 Å². The Kier molecular flexibility index (Phi) is 5.30. The van der Waals surface area contributed by atoms with Gasteiger partial charge in [-0.3, -0.25) is 15.1 Å². The highest BCUT2D eigenvalue weighted by atomic mass is 35.5. The molecule has 0 radical (unpaired) electrons. The first kappa shape index (κ1) is 17.3. The van der Waals surface area contributed by atoms with Crippen molar-refractivity contribution in [2.24, 2.45) is 5.10 Å². The summed E-state index contributed by atoms with van der Waals surface area (Å²) >= 11 is 17.7. The van der Waals surface area contributed by atoms with Gasteiger partial charge in [-0.05, 0) is 18.2 Å². The molecular weight excluding hydrogens is 365 g/mol. The first-order chi connectivity index (χ1) is 10.8. The zero-order chi connectivity index (χ0) is 17.1. The van der Waals surface area contributed by atoms with E-state index < -0.39 is 4.92 Å². The smallest absolute Gasteiger partial charge is 0.295 e. The largest absolute Gasteiger partial charge is 0.506 e. The number of nitro groups is 1. The van der Waals surface area contributed by atoms with Gasteiger partial charge in [-0.1, -0.05) is 40.9 Å². The number of benzene rings is 2. The van der Waals surface area contributed by atoms with E-state index in [-0.39, 0.29) is 32.7 Å². The molecule has 0 saturated carbocycles. The summed E-state index contributed by atoms with van der Waals surface area (Å²) in [6.45, 7) is 0. The number of nitro benzene ring substituents is 1. The summed E-state index contributed by atoms with van der Waals surface area (Å²) in [5, 5.41) is 26.8. The van der Waals surface area contributed by atoms with Crippen LogP contribution in [0.15, 0.2) is 35.4 Å². The molecule has 120 valence electrons. The van der Waals surface area contributed by atoms with Crippen LogP contribution in [-0.4, -0.2) is 23.3 Å². The third kappa shape index (κ3) is 3.85. The number of anilines is 1. The summed E-state index contributed by atoms with van der Waals surface area (Å²) in [7, 11) is 1.49. The Labute approximate surface area is 146 Å². The molecule has 0 saturated heterocycles. The quantitative estimate of drug-likeness (QED) is 0.476. The highest BCUT2D eigenvalue weighted by Gasteiger charge is 2.20. The molecule has 2 aromatic rings. The van der Waals surface area contributed by atoms with Crippen molar-refractivity contribution < 1.29 is 10.0 Å². The van der Waals surface area contributed by atoms with Crippen LogP contribution in [0.1, 0.15) is 5.56 Å². The van der Waals surface area contributed by atoms with Crippen LogP contribution in [-0.2, 0) is 0 Å². The van der Waals surface area contributed by atoms with E-state index >= 15 is 0 Å². The van der Waals surface area contributed by atoms with Gasteiger partial charge in [0.15, 0.2) is 5.69 Å². The maximum absolute atomic E-state index is 11.1. The first-order valence-corrected chi connectivity index (χ1v) is 7.33. The third-order valence-corrected chi connectivity index (χ3v) is 3.72. The van der Waals surface area contributed by atoms with Gasteiger partial charge in [0.2, 0.25) is 0 Å². The predicted octanol–water partition coefficient (Wildman–Crippen LogP) is 4.73. The molecule has 0 aliphatic heterocycles. The number of nitrogens with zero attached hydrogens (tertiary/aromatic N) is 3. The standard InChI is InChI=1S/C14H10Cl3N3O3/c1-19(13-10(16)3-2-4-12(13)20(22)23)18-7-8-5-9(15)6-11(17)14(8)21/h2-7,21H,1H3/b18-7+. The molecule has 0 aromatic heterocycles. The topological polar surface area (TPSA) is 79.0 Å². The number of phenolic OH excluding ortho intramolecular Hbond substituents is 1. The van der Waals surface area contributed by atoms with Crippen LogP contribution in [0.3, 0.4) is 0 Å². The van der Waals surface area contributed by atoms with Crippen LogP contribution in [0.2, 0.25) is 15.1 Å². The molecule has 6 nitrogen and oxygen atoms in total. The molecule has 0 spiro atoms. The van der Waals surface area contributed by atoms with Crippen LogP contribution >= 0.6 is 34.8 Å². The maximum atomic E-state index is 11.1. The number of hydrogen-bond acceptors (Lipinski definition) is 5. The van der Waals surface area contributed by atoms with Crippen LogP contribution in [0, 0.1) is 10.1 Å². The Morgan fingerprint density at radius 3 is 2.61 bits per heavy atom. The molecule has 2 rings (SSSR count). The minimum atomic E-state index is -0.555. The molecule has 0 atom stereocenters. The van der Waals surface area contributed by atoms with E-state index in [0.29, 0.717) is 5.02 Å². The number of halogens is 3. The van der Waals surface area contributed by atoms with E-state index in [1.165, 1.54) is 48.6 Å². The van der Waals surface area contributed by atoms with Crippen LogP contribution in [0.25, 0.3) is 0 Å². The third-order valence-electron chi connectivity index (χ3n) is 2.91. The van der Waals surface area contributed by atoms with Gasteiger partial charge in [-0.2, -0.15) is 5.10 Å². The summed E-state index contributed by atoms with van der Waals surface area (Å²) in [5.41, 5.74) is 0.206. The average Bonchev–Trinajstić information content (AvgIpc) is 2.48. The van der Waals surface area contributed by atoms with E-state index in [9.17, 15) is 15.2 Å². The number of rotatable bonds is 4. The van der Waals surface area contributed by atoms with Gasteiger partial charge in [-0.15, -0.1) is 0 Å². The normalized spacial score (nSPS) is 11.0. The van der Waals surface area contributed by atoms with Crippen LogP contribution in [0.4, 0.5) is 11.4 Å². The molecule has 0 amide bonds. The van der Waals surface area contributed by atoms with E-state index in [1.807, 2.05) is 0 Å². The lowest BCUT2D eigenvalue weighted by molar-refractivity contribution is -0.384. The van der Waals surface area contributed by atoms with Crippen molar-refractivity contribution in [2.45, 2.75) is 0 Å². The Balaban J connectivity index is 2.40. The van der Waals surface area contributed by atoms with E-state index in [0.717, 1.165) is 0 Å². The van der Waals surface area contributed by atoms with Crippen LogP contribution < -0.4 is 5.01 Å². The van der Waals surface area contributed by atoms with Crippen molar-refractivity contribution in [2.75, 3.05) is 12.1 Å². The first-order valence-electron chi connectivity index (χ1n) is 6.20. The Morgan fingerprint density at radius 2 is 1.96 bits per heavy atom.